The SMILES string of the molecule is C[C@]1(F)[C@@H](O)[C@H](CO)O[C@H]1N1CCC(=O)NC1=O. The van der Waals surface area contributed by atoms with E-state index in [1.807, 2.05) is 5.32 Å². The van der Waals surface area contributed by atoms with E-state index in [1.54, 1.807) is 0 Å². The molecular weight excluding hydrogens is 247 g/mol. The third-order valence-corrected chi connectivity index (χ3v) is 3.27. The second-order valence-electron chi connectivity index (χ2n) is 4.60. The third-order valence-electron chi connectivity index (χ3n) is 3.27. The van der Waals surface area contributed by atoms with Crippen molar-refractivity contribution in [3.8, 4) is 0 Å². The van der Waals surface area contributed by atoms with E-state index in [1.165, 1.54) is 0 Å². The van der Waals surface area contributed by atoms with Gasteiger partial charge in [0.15, 0.2) is 11.9 Å². The summed E-state index contributed by atoms with van der Waals surface area (Å²) in [5.41, 5.74) is -2.20. The Bertz CT molecular complexity index is 375. The summed E-state index contributed by atoms with van der Waals surface area (Å²) in [4.78, 5) is 23.6. The molecule has 18 heavy (non-hydrogen) atoms. The molecule has 3 N–H and O–H groups in total. The largest absolute Gasteiger partial charge is 0.394 e. The second kappa shape index (κ2) is 4.45. The minimum Gasteiger partial charge on any atom is -0.394 e. The van der Waals surface area contributed by atoms with E-state index < -0.39 is 42.6 Å². The van der Waals surface area contributed by atoms with E-state index in [9.17, 15) is 19.1 Å². The van der Waals surface area contributed by atoms with Gasteiger partial charge < -0.3 is 14.9 Å². The maximum absolute atomic E-state index is 14.4. The highest BCUT2D eigenvalue weighted by Gasteiger charge is 2.57. The maximum atomic E-state index is 14.4. The molecule has 3 amide bonds. The van der Waals surface area contributed by atoms with Crippen LogP contribution < -0.4 is 5.32 Å². The zero-order chi connectivity index (χ0) is 13.5. The molecule has 2 saturated heterocycles. The van der Waals surface area contributed by atoms with E-state index in [-0.39, 0.29) is 13.0 Å². The Labute approximate surface area is 103 Å². The van der Waals surface area contributed by atoms with Crippen LogP contribution in [0.4, 0.5) is 9.18 Å². The van der Waals surface area contributed by atoms with Gasteiger partial charge in [0.2, 0.25) is 5.91 Å². The molecule has 0 aromatic rings. The summed E-state index contributed by atoms with van der Waals surface area (Å²) >= 11 is 0. The number of urea groups is 1. The lowest BCUT2D eigenvalue weighted by atomic mass is 9.98. The number of carbonyl (C=O) groups excluding carboxylic acids is 2. The normalized spacial score (nSPS) is 41.1. The van der Waals surface area contributed by atoms with Gasteiger partial charge in [-0.25, -0.2) is 9.18 Å². The first kappa shape index (κ1) is 13.2. The first-order chi connectivity index (χ1) is 8.37. The molecule has 8 heteroatoms. The predicted octanol–water partition coefficient (Wildman–Crippen LogP) is -1.27. The summed E-state index contributed by atoms with van der Waals surface area (Å²) in [7, 11) is 0. The van der Waals surface area contributed by atoms with Crippen molar-refractivity contribution in [1.29, 1.82) is 0 Å². The third kappa shape index (κ3) is 1.96. The number of nitrogens with one attached hydrogen (secondary N) is 1. The number of aliphatic hydroxyl groups excluding tert-OH is 2. The summed E-state index contributed by atoms with van der Waals surface area (Å²) < 4.78 is 19.5. The monoisotopic (exact) mass is 262 g/mol. The van der Waals surface area contributed by atoms with Crippen molar-refractivity contribution in [1.82, 2.24) is 10.2 Å². The van der Waals surface area contributed by atoms with Crippen molar-refractivity contribution in [2.45, 2.75) is 37.4 Å². The average molecular weight is 262 g/mol. The fourth-order valence-electron chi connectivity index (χ4n) is 2.20. The Morgan fingerprint density at radius 3 is 2.78 bits per heavy atom. The molecular formula is C10H15FN2O5. The van der Waals surface area contributed by atoms with Crippen LogP contribution in [0.1, 0.15) is 13.3 Å². The van der Waals surface area contributed by atoms with Gasteiger partial charge in [-0.05, 0) is 6.92 Å². The van der Waals surface area contributed by atoms with Crippen LogP contribution in [0.15, 0.2) is 0 Å². The van der Waals surface area contributed by atoms with Crippen LogP contribution >= 0.6 is 0 Å². The number of hydrogen-bond donors (Lipinski definition) is 3. The van der Waals surface area contributed by atoms with Crippen LogP contribution in [0.5, 0.6) is 0 Å². The number of rotatable bonds is 2. The molecule has 2 aliphatic rings. The van der Waals surface area contributed by atoms with Crippen molar-refractivity contribution >= 4 is 11.9 Å². The molecule has 0 saturated carbocycles. The number of ether oxygens (including phenoxy) is 1. The first-order valence-electron chi connectivity index (χ1n) is 5.61. The van der Waals surface area contributed by atoms with Crippen molar-refractivity contribution in [2.24, 2.45) is 0 Å². The zero-order valence-corrected chi connectivity index (χ0v) is 9.80. The van der Waals surface area contributed by atoms with Crippen LogP contribution in [0.25, 0.3) is 0 Å². The number of alkyl halides is 1. The van der Waals surface area contributed by atoms with Gasteiger partial charge in [-0.1, -0.05) is 0 Å². The molecule has 0 spiro atoms. The summed E-state index contributed by atoms with van der Waals surface area (Å²) in [5.74, 6) is -0.436. The fraction of sp³-hybridized carbons (Fsp3) is 0.800. The van der Waals surface area contributed by atoms with Crippen LogP contribution in [0.3, 0.4) is 0 Å². The molecule has 0 bridgehead atoms. The summed E-state index contributed by atoms with van der Waals surface area (Å²) in [6.07, 6.45) is -3.90. The highest BCUT2D eigenvalue weighted by atomic mass is 19.1. The maximum Gasteiger partial charge on any atom is 0.326 e. The van der Waals surface area contributed by atoms with Gasteiger partial charge in [0, 0.05) is 13.0 Å². The second-order valence-corrected chi connectivity index (χ2v) is 4.60. The molecule has 102 valence electrons. The molecule has 2 fully saturated rings. The highest BCUT2D eigenvalue weighted by molar-refractivity contribution is 5.96. The molecule has 2 heterocycles. The van der Waals surface area contributed by atoms with Crippen LogP contribution in [-0.4, -0.2) is 64.3 Å². The molecule has 2 rings (SSSR count). The van der Waals surface area contributed by atoms with Crippen molar-refractivity contribution in [3.63, 3.8) is 0 Å². The van der Waals surface area contributed by atoms with Crippen LogP contribution in [0.2, 0.25) is 0 Å². The minimum absolute atomic E-state index is 0.0136. The molecule has 0 unspecified atom stereocenters. The number of hydrogen-bond acceptors (Lipinski definition) is 5. The molecule has 0 aliphatic carbocycles. The first-order valence-corrected chi connectivity index (χ1v) is 5.61. The smallest absolute Gasteiger partial charge is 0.326 e. The zero-order valence-electron chi connectivity index (χ0n) is 9.80. The number of nitrogens with zero attached hydrogens (tertiary/aromatic N) is 1. The fourth-order valence-corrected chi connectivity index (χ4v) is 2.20. The minimum atomic E-state index is -2.20. The molecule has 2 aliphatic heterocycles. The quantitative estimate of drug-likeness (QED) is 0.576. The standard InChI is InChI=1S/C10H15FN2O5/c1-10(11)7(16)5(4-14)18-8(10)13-3-2-6(15)12-9(13)17/h5,7-8,14,16H,2-4H2,1H3,(H,12,15,17)/t5-,7-,8+,10-/m0/s1. The van der Waals surface area contributed by atoms with Crippen LogP contribution in [0, 0.1) is 0 Å². The summed E-state index contributed by atoms with van der Waals surface area (Å²) in [6.45, 7) is 0.562. The summed E-state index contributed by atoms with van der Waals surface area (Å²) in [5, 5.41) is 20.7. The van der Waals surface area contributed by atoms with E-state index in [0.717, 1.165) is 11.8 Å². The van der Waals surface area contributed by atoms with Gasteiger partial charge in [0.05, 0.1) is 6.61 Å². The lowest BCUT2D eigenvalue weighted by Gasteiger charge is -2.35. The number of imide groups is 1. The predicted molar refractivity (Wildman–Crippen MR) is 56.1 cm³/mol. The molecule has 4 atom stereocenters. The molecule has 7 nitrogen and oxygen atoms in total. The van der Waals surface area contributed by atoms with Gasteiger partial charge in [-0.3, -0.25) is 15.0 Å². The number of halogens is 1. The Kier molecular flexibility index (Phi) is 3.26. The van der Waals surface area contributed by atoms with Crippen molar-refractivity contribution < 1.29 is 28.9 Å². The molecule has 0 aromatic carbocycles. The summed E-state index contributed by atoms with van der Waals surface area (Å²) in [6, 6.07) is -0.758. The van der Waals surface area contributed by atoms with Crippen LogP contribution in [-0.2, 0) is 9.53 Å². The molecule has 0 radical (unpaired) electrons. The van der Waals surface area contributed by atoms with Gasteiger partial charge in [0.1, 0.15) is 12.2 Å². The van der Waals surface area contributed by atoms with E-state index in [2.05, 4.69) is 0 Å². The van der Waals surface area contributed by atoms with E-state index in [0.29, 0.717) is 0 Å². The lowest BCUT2D eigenvalue weighted by molar-refractivity contribution is -0.126. The number of aliphatic hydroxyl groups is 2. The highest BCUT2D eigenvalue weighted by Crippen LogP contribution is 2.36. The Balaban J connectivity index is 2.18. The Morgan fingerprint density at radius 1 is 1.61 bits per heavy atom. The van der Waals surface area contributed by atoms with Gasteiger partial charge in [-0.15, -0.1) is 0 Å². The van der Waals surface area contributed by atoms with E-state index in [4.69, 9.17) is 9.84 Å². The number of amides is 3. The Hall–Kier alpha value is -1.25. The van der Waals surface area contributed by atoms with Gasteiger partial charge >= 0.3 is 6.03 Å². The van der Waals surface area contributed by atoms with Crippen molar-refractivity contribution in [3.05, 3.63) is 0 Å². The van der Waals surface area contributed by atoms with Crippen molar-refractivity contribution in [2.75, 3.05) is 13.2 Å². The van der Waals surface area contributed by atoms with Gasteiger partial charge in [-0.2, -0.15) is 0 Å². The topological polar surface area (TPSA) is 99.1 Å². The number of carbonyl (C=O) groups is 2. The lowest BCUT2D eigenvalue weighted by Crippen LogP contribution is -2.59. The van der Waals surface area contributed by atoms with Gasteiger partial charge in [0.25, 0.3) is 0 Å². The van der Waals surface area contributed by atoms with E-state index >= 15 is 0 Å². The average Bonchev–Trinajstić information content (AvgIpc) is 2.52. The Morgan fingerprint density at radius 2 is 2.28 bits per heavy atom. The molecule has 0 aromatic heterocycles.